The van der Waals surface area contributed by atoms with Crippen LogP contribution in [0, 0.1) is 11.3 Å². The monoisotopic (exact) mass is 278 g/mol. The van der Waals surface area contributed by atoms with Crippen molar-refractivity contribution in [2.75, 3.05) is 12.0 Å². The lowest BCUT2D eigenvalue weighted by molar-refractivity contribution is 0.0925. The van der Waals surface area contributed by atoms with E-state index in [1.807, 2.05) is 6.07 Å². The van der Waals surface area contributed by atoms with Crippen molar-refractivity contribution < 1.29 is 14.3 Å². The number of methoxy groups -OCH3 is 1. The van der Waals surface area contributed by atoms with E-state index in [0.717, 1.165) is 4.90 Å². The molecule has 3 rings (SSSR count). The number of imide groups is 1. The van der Waals surface area contributed by atoms with Crippen molar-refractivity contribution in [3.05, 3.63) is 59.2 Å². The maximum absolute atomic E-state index is 12.4. The number of fused-ring (bicyclic) bond motifs is 1. The zero-order valence-corrected chi connectivity index (χ0v) is 11.2. The molecule has 1 heterocycles. The normalized spacial score (nSPS) is 13.0. The van der Waals surface area contributed by atoms with Gasteiger partial charge >= 0.3 is 0 Å². The van der Waals surface area contributed by atoms with Crippen LogP contribution in [0.5, 0.6) is 5.75 Å². The topological polar surface area (TPSA) is 70.4 Å². The van der Waals surface area contributed by atoms with Crippen molar-refractivity contribution in [2.24, 2.45) is 0 Å². The van der Waals surface area contributed by atoms with Crippen LogP contribution in [0.1, 0.15) is 26.3 Å². The summed E-state index contributed by atoms with van der Waals surface area (Å²) in [6.45, 7) is 0. The number of rotatable bonds is 2. The first-order valence-corrected chi connectivity index (χ1v) is 6.23. The minimum absolute atomic E-state index is 0.280. The molecule has 21 heavy (non-hydrogen) atoms. The molecule has 0 N–H and O–H groups in total. The van der Waals surface area contributed by atoms with Gasteiger partial charge < -0.3 is 4.74 Å². The summed E-state index contributed by atoms with van der Waals surface area (Å²) in [5, 5.41) is 8.99. The fourth-order valence-corrected chi connectivity index (χ4v) is 2.34. The highest BCUT2D eigenvalue weighted by Crippen LogP contribution is 2.35. The van der Waals surface area contributed by atoms with Crippen LogP contribution in [0.4, 0.5) is 5.69 Å². The third-order valence-electron chi connectivity index (χ3n) is 3.34. The van der Waals surface area contributed by atoms with Crippen LogP contribution in [0.2, 0.25) is 0 Å². The molecule has 2 amide bonds. The number of nitrogens with zero attached hydrogens (tertiary/aromatic N) is 2. The predicted molar refractivity (Wildman–Crippen MR) is 75.3 cm³/mol. The van der Waals surface area contributed by atoms with Crippen LogP contribution in [0.15, 0.2) is 42.5 Å². The molecule has 0 spiro atoms. The molecule has 0 atom stereocenters. The Kier molecular flexibility index (Phi) is 2.92. The van der Waals surface area contributed by atoms with Crippen LogP contribution < -0.4 is 9.64 Å². The first-order chi connectivity index (χ1) is 10.2. The minimum atomic E-state index is -0.413. The molecular formula is C16H10N2O3. The summed E-state index contributed by atoms with van der Waals surface area (Å²) in [5.74, 6) is -0.462. The van der Waals surface area contributed by atoms with E-state index in [-0.39, 0.29) is 5.69 Å². The van der Waals surface area contributed by atoms with Crippen molar-refractivity contribution in [2.45, 2.75) is 0 Å². The Morgan fingerprint density at radius 2 is 1.67 bits per heavy atom. The maximum Gasteiger partial charge on any atom is 0.266 e. The zero-order chi connectivity index (χ0) is 15.0. The van der Waals surface area contributed by atoms with E-state index in [1.54, 1.807) is 36.4 Å². The molecule has 102 valence electrons. The number of hydrogen-bond acceptors (Lipinski definition) is 4. The lowest BCUT2D eigenvalue weighted by atomic mass is 10.1. The van der Waals surface area contributed by atoms with Gasteiger partial charge in [0, 0.05) is 0 Å². The highest BCUT2D eigenvalue weighted by molar-refractivity contribution is 6.34. The third-order valence-corrected chi connectivity index (χ3v) is 3.34. The Labute approximate surface area is 121 Å². The first-order valence-electron chi connectivity index (χ1n) is 6.23. The van der Waals surface area contributed by atoms with E-state index < -0.39 is 11.8 Å². The average Bonchev–Trinajstić information content (AvgIpc) is 2.78. The largest absolute Gasteiger partial charge is 0.495 e. The van der Waals surface area contributed by atoms with Gasteiger partial charge in [-0.05, 0) is 30.3 Å². The van der Waals surface area contributed by atoms with Crippen LogP contribution in [-0.4, -0.2) is 18.9 Å². The summed E-state index contributed by atoms with van der Waals surface area (Å²) in [6.07, 6.45) is 0. The molecule has 0 bridgehead atoms. The van der Waals surface area contributed by atoms with Crippen LogP contribution in [0.3, 0.4) is 0 Å². The van der Waals surface area contributed by atoms with Crippen molar-refractivity contribution in [3.63, 3.8) is 0 Å². The lowest BCUT2D eigenvalue weighted by Crippen LogP contribution is -2.29. The van der Waals surface area contributed by atoms with Gasteiger partial charge in [-0.1, -0.05) is 12.1 Å². The van der Waals surface area contributed by atoms with E-state index in [0.29, 0.717) is 22.4 Å². The predicted octanol–water partition coefficient (Wildman–Crippen LogP) is 2.37. The van der Waals surface area contributed by atoms with Crippen LogP contribution in [-0.2, 0) is 0 Å². The van der Waals surface area contributed by atoms with Gasteiger partial charge in [0.05, 0.1) is 35.6 Å². The fraction of sp³-hybridized carbons (Fsp3) is 0.0625. The molecule has 0 aromatic heterocycles. The molecule has 0 aliphatic carbocycles. The van der Waals surface area contributed by atoms with E-state index in [1.165, 1.54) is 13.2 Å². The molecule has 2 aromatic carbocycles. The molecule has 0 saturated carbocycles. The Balaban J connectivity index is 2.17. The number of ether oxygens (including phenoxy) is 1. The molecule has 1 aliphatic heterocycles. The highest BCUT2D eigenvalue weighted by atomic mass is 16.5. The summed E-state index contributed by atoms with van der Waals surface area (Å²) < 4.78 is 5.20. The number of hydrogen-bond donors (Lipinski definition) is 0. The van der Waals surface area contributed by atoms with E-state index in [2.05, 4.69) is 0 Å². The quantitative estimate of drug-likeness (QED) is 0.791. The Morgan fingerprint density at radius 1 is 1.05 bits per heavy atom. The molecule has 0 unspecified atom stereocenters. The van der Waals surface area contributed by atoms with Gasteiger partial charge in [-0.25, -0.2) is 4.90 Å². The summed E-state index contributed by atoms with van der Waals surface area (Å²) >= 11 is 0. The highest BCUT2D eigenvalue weighted by Gasteiger charge is 2.37. The zero-order valence-electron chi connectivity index (χ0n) is 11.2. The van der Waals surface area contributed by atoms with Crippen molar-refractivity contribution in [3.8, 4) is 11.8 Å². The van der Waals surface area contributed by atoms with Gasteiger partial charge in [-0.15, -0.1) is 0 Å². The van der Waals surface area contributed by atoms with Gasteiger partial charge in [0.1, 0.15) is 5.75 Å². The second-order valence-electron chi connectivity index (χ2n) is 4.49. The summed E-state index contributed by atoms with van der Waals surface area (Å²) in [5.41, 5.74) is 1.34. The van der Waals surface area contributed by atoms with E-state index in [9.17, 15) is 9.59 Å². The average molecular weight is 278 g/mol. The SMILES string of the molecule is COc1ccc(C#N)cc1N1C(=O)c2ccccc2C1=O. The molecule has 0 radical (unpaired) electrons. The summed E-state index contributed by atoms with van der Waals surface area (Å²) in [4.78, 5) is 25.9. The number of carbonyl (C=O) groups excluding carboxylic acids is 2. The van der Waals surface area contributed by atoms with Gasteiger partial charge in [0.15, 0.2) is 0 Å². The number of carbonyl (C=O) groups is 2. The van der Waals surface area contributed by atoms with Crippen molar-refractivity contribution in [1.82, 2.24) is 0 Å². The standard InChI is InChI=1S/C16H10N2O3/c1-21-14-7-6-10(9-17)8-13(14)18-15(19)11-4-2-3-5-12(11)16(18)20/h2-8H,1H3. The summed E-state index contributed by atoms with van der Waals surface area (Å²) in [7, 11) is 1.45. The van der Waals surface area contributed by atoms with Gasteiger partial charge in [0.25, 0.3) is 11.8 Å². The fourth-order valence-electron chi connectivity index (χ4n) is 2.34. The van der Waals surface area contributed by atoms with Crippen molar-refractivity contribution in [1.29, 1.82) is 5.26 Å². The van der Waals surface area contributed by atoms with Crippen LogP contribution in [0.25, 0.3) is 0 Å². The molecule has 5 heteroatoms. The smallest absolute Gasteiger partial charge is 0.266 e. The molecular weight excluding hydrogens is 268 g/mol. The lowest BCUT2D eigenvalue weighted by Gasteiger charge is -2.17. The number of benzene rings is 2. The Hall–Kier alpha value is -3.13. The molecule has 0 saturated heterocycles. The number of amides is 2. The molecule has 5 nitrogen and oxygen atoms in total. The number of nitriles is 1. The summed E-state index contributed by atoms with van der Waals surface area (Å²) in [6, 6.07) is 13.2. The first kappa shape index (κ1) is 12.9. The number of anilines is 1. The van der Waals surface area contributed by atoms with Gasteiger partial charge in [0.2, 0.25) is 0 Å². The Morgan fingerprint density at radius 3 is 2.19 bits per heavy atom. The van der Waals surface area contributed by atoms with E-state index >= 15 is 0 Å². The minimum Gasteiger partial charge on any atom is -0.495 e. The maximum atomic E-state index is 12.4. The van der Waals surface area contributed by atoms with E-state index in [4.69, 9.17) is 10.00 Å². The Bertz CT molecular complexity index is 770. The second-order valence-corrected chi connectivity index (χ2v) is 4.49. The second kappa shape index (κ2) is 4.76. The molecule has 0 fully saturated rings. The molecule has 2 aromatic rings. The van der Waals surface area contributed by atoms with Crippen molar-refractivity contribution >= 4 is 17.5 Å². The van der Waals surface area contributed by atoms with Gasteiger partial charge in [-0.3, -0.25) is 9.59 Å². The molecule has 1 aliphatic rings. The third kappa shape index (κ3) is 1.85. The van der Waals surface area contributed by atoms with Crippen LogP contribution >= 0.6 is 0 Å². The van der Waals surface area contributed by atoms with Gasteiger partial charge in [-0.2, -0.15) is 5.26 Å².